The zero-order valence-electron chi connectivity index (χ0n) is 13.3. The minimum Gasteiger partial charge on any atom is -0.466 e. The van der Waals surface area contributed by atoms with Crippen LogP contribution < -0.4 is 0 Å². The van der Waals surface area contributed by atoms with Crippen LogP contribution in [0.2, 0.25) is 0 Å². The van der Waals surface area contributed by atoms with E-state index in [2.05, 4.69) is 4.90 Å². The van der Waals surface area contributed by atoms with Gasteiger partial charge in [-0.2, -0.15) is 0 Å². The number of rotatable bonds is 7. The van der Waals surface area contributed by atoms with Gasteiger partial charge >= 0.3 is 5.97 Å². The van der Waals surface area contributed by atoms with E-state index in [4.69, 9.17) is 4.74 Å². The summed E-state index contributed by atoms with van der Waals surface area (Å²) in [5.41, 5.74) is 1.91. The molecule has 0 saturated carbocycles. The summed E-state index contributed by atoms with van der Waals surface area (Å²) in [6.45, 7) is 5.41. The van der Waals surface area contributed by atoms with Gasteiger partial charge in [-0.15, -0.1) is 0 Å². The number of nitrogens with zero attached hydrogens (tertiary/aromatic N) is 1. The zero-order valence-corrected chi connectivity index (χ0v) is 13.3. The standard InChI is InChI=1S/C18H25NO3/c1-2-22-18(21)11-10-17(20)16-8-6-15(7-9-16)14-19-12-4-3-5-13-19/h6-9H,2-5,10-14H2,1H3. The SMILES string of the molecule is CCOC(=O)CCC(=O)c1ccc(CN2CCCCC2)cc1. The van der Waals surface area contributed by atoms with Crippen LogP contribution in [0.25, 0.3) is 0 Å². The Morgan fingerprint density at radius 3 is 2.36 bits per heavy atom. The molecular formula is C18H25NO3. The molecule has 1 fully saturated rings. The third-order valence-electron chi connectivity index (χ3n) is 3.99. The van der Waals surface area contributed by atoms with Gasteiger partial charge in [-0.25, -0.2) is 0 Å². The normalized spacial score (nSPS) is 15.5. The van der Waals surface area contributed by atoms with Gasteiger partial charge in [0.05, 0.1) is 13.0 Å². The molecule has 0 radical (unpaired) electrons. The van der Waals surface area contributed by atoms with Crippen molar-refractivity contribution in [3.8, 4) is 0 Å². The Balaban J connectivity index is 1.82. The third-order valence-corrected chi connectivity index (χ3v) is 3.99. The van der Waals surface area contributed by atoms with E-state index in [0.717, 1.165) is 6.54 Å². The van der Waals surface area contributed by atoms with E-state index in [1.807, 2.05) is 24.3 Å². The molecule has 0 aliphatic carbocycles. The highest BCUT2D eigenvalue weighted by Crippen LogP contribution is 2.14. The molecule has 120 valence electrons. The number of piperidine rings is 1. The summed E-state index contributed by atoms with van der Waals surface area (Å²) in [6.07, 6.45) is 4.27. The van der Waals surface area contributed by atoms with E-state index in [-0.39, 0.29) is 24.6 Å². The van der Waals surface area contributed by atoms with Gasteiger partial charge in [-0.3, -0.25) is 14.5 Å². The van der Waals surface area contributed by atoms with E-state index in [1.165, 1.54) is 37.9 Å². The Morgan fingerprint density at radius 2 is 1.73 bits per heavy atom. The number of carbonyl (C=O) groups is 2. The van der Waals surface area contributed by atoms with Crippen molar-refractivity contribution in [2.45, 2.75) is 45.6 Å². The predicted octanol–water partition coefficient (Wildman–Crippen LogP) is 3.20. The topological polar surface area (TPSA) is 46.6 Å². The molecular weight excluding hydrogens is 278 g/mol. The van der Waals surface area contributed by atoms with Crippen LogP contribution >= 0.6 is 0 Å². The van der Waals surface area contributed by atoms with Crippen molar-refractivity contribution in [2.75, 3.05) is 19.7 Å². The van der Waals surface area contributed by atoms with Crippen LogP contribution in [0.5, 0.6) is 0 Å². The average molecular weight is 303 g/mol. The number of ether oxygens (including phenoxy) is 1. The number of hydrogen-bond donors (Lipinski definition) is 0. The van der Waals surface area contributed by atoms with Crippen LogP contribution in [0.1, 0.15) is 54.9 Å². The highest BCUT2D eigenvalue weighted by molar-refractivity contribution is 5.97. The van der Waals surface area contributed by atoms with Crippen LogP contribution in [0.4, 0.5) is 0 Å². The van der Waals surface area contributed by atoms with Gasteiger partial charge in [-0.1, -0.05) is 30.7 Å². The number of carbonyl (C=O) groups excluding carboxylic acids is 2. The Hall–Kier alpha value is -1.68. The maximum atomic E-state index is 12.0. The molecule has 1 aliphatic rings. The second-order valence-corrected chi connectivity index (χ2v) is 5.76. The fourth-order valence-corrected chi connectivity index (χ4v) is 2.76. The molecule has 0 N–H and O–H groups in total. The molecule has 0 amide bonds. The second kappa shape index (κ2) is 8.69. The summed E-state index contributed by atoms with van der Waals surface area (Å²) >= 11 is 0. The predicted molar refractivity (Wildman–Crippen MR) is 85.8 cm³/mol. The quantitative estimate of drug-likeness (QED) is 0.573. The first-order valence-electron chi connectivity index (χ1n) is 8.19. The van der Waals surface area contributed by atoms with Gasteiger partial charge < -0.3 is 4.74 Å². The molecule has 1 aliphatic heterocycles. The van der Waals surface area contributed by atoms with Crippen molar-refractivity contribution in [3.05, 3.63) is 35.4 Å². The molecule has 0 atom stereocenters. The van der Waals surface area contributed by atoms with Gasteiger partial charge in [0, 0.05) is 18.5 Å². The minimum atomic E-state index is -0.308. The van der Waals surface area contributed by atoms with Crippen LogP contribution in [0.15, 0.2) is 24.3 Å². The molecule has 0 spiro atoms. The van der Waals surface area contributed by atoms with Gasteiger partial charge in [0.15, 0.2) is 5.78 Å². The summed E-state index contributed by atoms with van der Waals surface area (Å²) in [7, 11) is 0. The van der Waals surface area contributed by atoms with Gasteiger partial charge in [-0.05, 0) is 38.4 Å². The summed E-state index contributed by atoms with van der Waals surface area (Å²) in [5, 5.41) is 0. The first-order chi connectivity index (χ1) is 10.7. The molecule has 4 nitrogen and oxygen atoms in total. The lowest BCUT2D eigenvalue weighted by molar-refractivity contribution is -0.143. The van der Waals surface area contributed by atoms with Gasteiger partial charge in [0.2, 0.25) is 0 Å². The monoisotopic (exact) mass is 303 g/mol. The van der Waals surface area contributed by atoms with Crippen molar-refractivity contribution < 1.29 is 14.3 Å². The largest absolute Gasteiger partial charge is 0.466 e. The lowest BCUT2D eigenvalue weighted by Crippen LogP contribution is -2.29. The van der Waals surface area contributed by atoms with Crippen LogP contribution in [0.3, 0.4) is 0 Å². The summed E-state index contributed by atoms with van der Waals surface area (Å²) in [5.74, 6) is -0.310. The molecule has 1 aromatic rings. The van der Waals surface area contributed by atoms with Gasteiger partial charge in [0.25, 0.3) is 0 Å². The summed E-state index contributed by atoms with van der Waals surface area (Å²) in [4.78, 5) is 25.8. The molecule has 2 rings (SSSR count). The Kier molecular flexibility index (Phi) is 6.59. The lowest BCUT2D eigenvalue weighted by Gasteiger charge is -2.26. The molecule has 22 heavy (non-hydrogen) atoms. The molecule has 0 bridgehead atoms. The highest BCUT2D eigenvalue weighted by atomic mass is 16.5. The average Bonchev–Trinajstić information content (AvgIpc) is 2.54. The summed E-state index contributed by atoms with van der Waals surface area (Å²) in [6, 6.07) is 7.78. The number of likely N-dealkylation sites (tertiary alicyclic amines) is 1. The smallest absolute Gasteiger partial charge is 0.306 e. The molecule has 4 heteroatoms. The third kappa shape index (κ3) is 5.26. The van der Waals surface area contributed by atoms with Crippen LogP contribution in [-0.2, 0) is 16.1 Å². The maximum absolute atomic E-state index is 12.0. The van der Waals surface area contributed by atoms with Crippen molar-refractivity contribution >= 4 is 11.8 Å². The van der Waals surface area contributed by atoms with E-state index in [9.17, 15) is 9.59 Å². The molecule has 0 aromatic heterocycles. The van der Waals surface area contributed by atoms with Crippen molar-refractivity contribution in [1.82, 2.24) is 4.90 Å². The van der Waals surface area contributed by atoms with E-state index >= 15 is 0 Å². The molecule has 1 saturated heterocycles. The minimum absolute atomic E-state index is 0.00224. The number of esters is 1. The van der Waals surface area contributed by atoms with Crippen molar-refractivity contribution in [3.63, 3.8) is 0 Å². The molecule has 1 aromatic carbocycles. The fraction of sp³-hybridized carbons (Fsp3) is 0.556. The van der Waals surface area contributed by atoms with E-state index in [0.29, 0.717) is 12.2 Å². The second-order valence-electron chi connectivity index (χ2n) is 5.76. The number of ketones is 1. The number of benzene rings is 1. The fourth-order valence-electron chi connectivity index (χ4n) is 2.76. The number of hydrogen-bond acceptors (Lipinski definition) is 4. The van der Waals surface area contributed by atoms with Gasteiger partial charge in [0.1, 0.15) is 0 Å². The van der Waals surface area contributed by atoms with Crippen LogP contribution in [0, 0.1) is 0 Å². The zero-order chi connectivity index (χ0) is 15.8. The molecule has 1 heterocycles. The Bertz CT molecular complexity index is 490. The lowest BCUT2D eigenvalue weighted by atomic mass is 10.0. The Labute approximate surface area is 132 Å². The van der Waals surface area contributed by atoms with Crippen molar-refractivity contribution in [2.24, 2.45) is 0 Å². The summed E-state index contributed by atoms with van der Waals surface area (Å²) < 4.78 is 4.84. The Morgan fingerprint density at radius 1 is 1.05 bits per heavy atom. The first kappa shape index (κ1) is 16.7. The first-order valence-corrected chi connectivity index (χ1v) is 8.19. The van der Waals surface area contributed by atoms with E-state index in [1.54, 1.807) is 6.92 Å². The van der Waals surface area contributed by atoms with Crippen molar-refractivity contribution in [1.29, 1.82) is 0 Å². The number of Topliss-reactive ketones (excluding diaryl/α,β-unsaturated/α-hetero) is 1. The van der Waals surface area contributed by atoms with Crippen LogP contribution in [-0.4, -0.2) is 36.3 Å². The molecule has 0 unspecified atom stereocenters. The maximum Gasteiger partial charge on any atom is 0.306 e. The highest BCUT2D eigenvalue weighted by Gasteiger charge is 2.12. The van der Waals surface area contributed by atoms with E-state index < -0.39 is 0 Å².